The second kappa shape index (κ2) is 4.86. The molecule has 90 valence electrons. The second-order valence-corrected chi connectivity index (χ2v) is 4.03. The van der Waals surface area contributed by atoms with E-state index >= 15 is 0 Å². The fourth-order valence-corrected chi connectivity index (χ4v) is 1.81. The summed E-state index contributed by atoms with van der Waals surface area (Å²) in [5.41, 5.74) is 0.247. The van der Waals surface area contributed by atoms with Crippen LogP contribution in [0.25, 0.3) is 0 Å². The van der Waals surface area contributed by atoms with Crippen LogP contribution in [-0.4, -0.2) is 29.5 Å². The minimum Gasteiger partial charge on any atom is -0.507 e. The molecule has 1 saturated heterocycles. The zero-order valence-electron chi connectivity index (χ0n) is 9.27. The van der Waals surface area contributed by atoms with Crippen molar-refractivity contribution in [3.8, 4) is 5.75 Å². The van der Waals surface area contributed by atoms with E-state index in [0.29, 0.717) is 13.0 Å². The normalized spacial score (nSPS) is 18.8. The van der Waals surface area contributed by atoms with Gasteiger partial charge in [-0.2, -0.15) is 0 Å². The lowest BCUT2D eigenvalue weighted by molar-refractivity contribution is -0.119. The predicted molar refractivity (Wildman–Crippen MR) is 61.6 cm³/mol. The standard InChI is InChI=1S/C12H14N2O3/c15-10-4-2-1-3-9(10)12(17)13-7-8-5-6-11(16)14-8/h1-4,8,15H,5-7H2,(H,13,17)(H,14,16). The summed E-state index contributed by atoms with van der Waals surface area (Å²) >= 11 is 0. The van der Waals surface area contributed by atoms with Crippen molar-refractivity contribution in [1.29, 1.82) is 0 Å². The van der Waals surface area contributed by atoms with Crippen LogP contribution >= 0.6 is 0 Å². The summed E-state index contributed by atoms with van der Waals surface area (Å²) < 4.78 is 0. The first-order valence-electron chi connectivity index (χ1n) is 5.52. The molecular weight excluding hydrogens is 220 g/mol. The van der Waals surface area contributed by atoms with E-state index in [4.69, 9.17) is 0 Å². The van der Waals surface area contributed by atoms with Crippen molar-refractivity contribution in [2.75, 3.05) is 6.54 Å². The van der Waals surface area contributed by atoms with Crippen LogP contribution < -0.4 is 10.6 Å². The number of carbonyl (C=O) groups is 2. The number of hydrogen-bond acceptors (Lipinski definition) is 3. The van der Waals surface area contributed by atoms with Gasteiger partial charge in [-0.3, -0.25) is 9.59 Å². The van der Waals surface area contributed by atoms with Gasteiger partial charge in [0.1, 0.15) is 5.75 Å². The monoisotopic (exact) mass is 234 g/mol. The molecule has 3 N–H and O–H groups in total. The SMILES string of the molecule is O=C1CCC(CNC(=O)c2ccccc2O)N1. The second-order valence-electron chi connectivity index (χ2n) is 4.03. The Bertz CT molecular complexity index is 445. The van der Waals surface area contributed by atoms with Gasteiger partial charge in [0.05, 0.1) is 5.56 Å². The van der Waals surface area contributed by atoms with Crippen molar-refractivity contribution in [3.63, 3.8) is 0 Å². The van der Waals surface area contributed by atoms with Crippen LogP contribution in [0, 0.1) is 0 Å². The summed E-state index contributed by atoms with van der Waals surface area (Å²) in [7, 11) is 0. The molecule has 0 saturated carbocycles. The molecule has 0 spiro atoms. The predicted octanol–water partition coefficient (Wildman–Crippen LogP) is 0.401. The molecule has 17 heavy (non-hydrogen) atoms. The van der Waals surface area contributed by atoms with Gasteiger partial charge in [0.15, 0.2) is 0 Å². The third-order valence-electron chi connectivity index (χ3n) is 2.74. The van der Waals surface area contributed by atoms with Crippen LogP contribution in [0.2, 0.25) is 0 Å². The highest BCUT2D eigenvalue weighted by molar-refractivity contribution is 5.96. The number of phenols is 1. The quantitative estimate of drug-likeness (QED) is 0.708. The van der Waals surface area contributed by atoms with Crippen molar-refractivity contribution in [2.45, 2.75) is 18.9 Å². The van der Waals surface area contributed by atoms with E-state index in [-0.39, 0.29) is 29.2 Å². The number of rotatable bonds is 3. The Morgan fingerprint density at radius 2 is 2.24 bits per heavy atom. The summed E-state index contributed by atoms with van der Waals surface area (Å²) in [5.74, 6) is -0.350. The molecule has 2 rings (SSSR count). The lowest BCUT2D eigenvalue weighted by atomic mass is 10.1. The Morgan fingerprint density at radius 3 is 2.88 bits per heavy atom. The molecule has 0 aliphatic carbocycles. The lowest BCUT2D eigenvalue weighted by Gasteiger charge is -2.11. The third-order valence-corrected chi connectivity index (χ3v) is 2.74. The molecular formula is C12H14N2O3. The molecule has 1 aliphatic rings. The highest BCUT2D eigenvalue weighted by Gasteiger charge is 2.21. The van der Waals surface area contributed by atoms with Gasteiger partial charge >= 0.3 is 0 Å². The summed E-state index contributed by atoms with van der Waals surface area (Å²) in [6.07, 6.45) is 1.25. The minimum absolute atomic E-state index is 0.00250. The molecule has 0 radical (unpaired) electrons. The first-order chi connectivity index (χ1) is 8.16. The van der Waals surface area contributed by atoms with Gasteiger partial charge in [-0.1, -0.05) is 12.1 Å². The number of para-hydroxylation sites is 1. The zero-order valence-corrected chi connectivity index (χ0v) is 9.27. The summed E-state index contributed by atoms with van der Waals surface area (Å²) in [5, 5.41) is 14.9. The van der Waals surface area contributed by atoms with E-state index in [0.717, 1.165) is 6.42 Å². The van der Waals surface area contributed by atoms with Crippen LogP contribution in [-0.2, 0) is 4.79 Å². The maximum atomic E-state index is 11.7. The summed E-state index contributed by atoms with van der Waals surface area (Å²) in [6.45, 7) is 0.388. The van der Waals surface area contributed by atoms with Gasteiger partial charge in [-0.05, 0) is 18.6 Å². The van der Waals surface area contributed by atoms with E-state index in [2.05, 4.69) is 10.6 Å². The molecule has 1 unspecified atom stereocenters. The van der Waals surface area contributed by atoms with E-state index in [1.165, 1.54) is 6.07 Å². The maximum Gasteiger partial charge on any atom is 0.255 e. The number of amides is 2. The Morgan fingerprint density at radius 1 is 1.47 bits per heavy atom. The van der Waals surface area contributed by atoms with Gasteiger partial charge in [-0.25, -0.2) is 0 Å². The molecule has 1 aromatic carbocycles. The van der Waals surface area contributed by atoms with E-state index in [1.807, 2.05) is 0 Å². The number of hydrogen-bond donors (Lipinski definition) is 3. The first kappa shape index (κ1) is 11.4. The van der Waals surface area contributed by atoms with Crippen LogP contribution in [0.1, 0.15) is 23.2 Å². The van der Waals surface area contributed by atoms with Crippen LogP contribution in [0.4, 0.5) is 0 Å². The molecule has 0 aromatic heterocycles. The van der Waals surface area contributed by atoms with E-state index in [1.54, 1.807) is 18.2 Å². The van der Waals surface area contributed by atoms with Gasteiger partial charge in [0.25, 0.3) is 5.91 Å². The molecule has 1 atom stereocenters. The lowest BCUT2D eigenvalue weighted by Crippen LogP contribution is -2.38. The molecule has 5 heteroatoms. The summed E-state index contributed by atoms with van der Waals surface area (Å²) in [4.78, 5) is 22.7. The highest BCUT2D eigenvalue weighted by Crippen LogP contribution is 2.15. The topological polar surface area (TPSA) is 78.4 Å². The average molecular weight is 234 g/mol. The number of phenolic OH excluding ortho intramolecular Hbond substituents is 1. The van der Waals surface area contributed by atoms with Gasteiger partial charge in [0.2, 0.25) is 5.91 Å². The molecule has 1 aromatic rings. The fourth-order valence-electron chi connectivity index (χ4n) is 1.81. The minimum atomic E-state index is -0.329. The van der Waals surface area contributed by atoms with Crippen molar-refractivity contribution in [3.05, 3.63) is 29.8 Å². The van der Waals surface area contributed by atoms with Gasteiger partial charge in [0, 0.05) is 19.0 Å². The van der Waals surface area contributed by atoms with Crippen LogP contribution in [0.15, 0.2) is 24.3 Å². The maximum absolute atomic E-state index is 11.7. The van der Waals surface area contributed by atoms with Gasteiger partial charge < -0.3 is 15.7 Å². The van der Waals surface area contributed by atoms with Crippen molar-refractivity contribution >= 4 is 11.8 Å². The molecule has 0 bridgehead atoms. The Labute approximate surface area is 98.8 Å². The average Bonchev–Trinajstić information content (AvgIpc) is 2.73. The van der Waals surface area contributed by atoms with Crippen molar-refractivity contribution in [2.24, 2.45) is 0 Å². The smallest absolute Gasteiger partial charge is 0.255 e. The third kappa shape index (κ3) is 2.75. The molecule has 1 aliphatic heterocycles. The van der Waals surface area contributed by atoms with Crippen molar-refractivity contribution < 1.29 is 14.7 Å². The number of aromatic hydroxyl groups is 1. The Balaban J connectivity index is 1.90. The van der Waals surface area contributed by atoms with Crippen molar-refractivity contribution in [1.82, 2.24) is 10.6 Å². The Kier molecular flexibility index (Phi) is 3.27. The number of nitrogens with one attached hydrogen (secondary N) is 2. The zero-order chi connectivity index (χ0) is 12.3. The fraction of sp³-hybridized carbons (Fsp3) is 0.333. The number of carbonyl (C=O) groups excluding carboxylic acids is 2. The van der Waals surface area contributed by atoms with E-state index in [9.17, 15) is 14.7 Å². The number of benzene rings is 1. The summed E-state index contributed by atoms with van der Waals surface area (Å²) in [6, 6.07) is 6.36. The Hall–Kier alpha value is -2.04. The first-order valence-corrected chi connectivity index (χ1v) is 5.52. The highest BCUT2D eigenvalue weighted by atomic mass is 16.3. The van der Waals surface area contributed by atoms with E-state index < -0.39 is 0 Å². The van der Waals surface area contributed by atoms with Gasteiger partial charge in [-0.15, -0.1) is 0 Å². The molecule has 1 fully saturated rings. The van der Waals surface area contributed by atoms with Crippen LogP contribution in [0.5, 0.6) is 5.75 Å². The van der Waals surface area contributed by atoms with Crippen LogP contribution in [0.3, 0.4) is 0 Å². The molecule has 1 heterocycles. The molecule has 2 amide bonds. The largest absolute Gasteiger partial charge is 0.507 e. The molecule has 5 nitrogen and oxygen atoms in total.